The molecule has 3 aromatic rings. The van der Waals surface area contributed by atoms with Crippen LogP contribution < -0.4 is 9.64 Å². The molecule has 1 aliphatic rings. The van der Waals surface area contributed by atoms with Crippen molar-refractivity contribution in [2.75, 3.05) is 31.1 Å². The Morgan fingerprint density at radius 1 is 1.07 bits per heavy atom. The van der Waals surface area contributed by atoms with E-state index < -0.39 is 0 Å². The maximum absolute atomic E-state index is 12.9. The van der Waals surface area contributed by atoms with Gasteiger partial charge in [-0.05, 0) is 49.7 Å². The molecule has 0 N–H and O–H groups in total. The number of aromatic nitrogens is 3. The number of ether oxygens (including phenoxy) is 1. The highest BCUT2D eigenvalue weighted by Gasteiger charge is 2.21. The summed E-state index contributed by atoms with van der Waals surface area (Å²) in [5, 5.41) is 10.4. The lowest BCUT2D eigenvalue weighted by molar-refractivity contribution is 0.0767. The van der Waals surface area contributed by atoms with Gasteiger partial charge in [-0.25, -0.2) is 4.98 Å². The standard InChI is InChI=1S/C21H23N5O2S/c1-16-3-8-20(24-23-16)25-9-2-10-26(12-11-25)21(27)17-4-6-19(7-5-17)28-13-18-14-29-15-22-18/h3-8,14-15H,2,9-13H2,1H3. The number of carbonyl (C=O) groups excluding carboxylic acids is 1. The third kappa shape index (κ3) is 4.89. The minimum atomic E-state index is 0.0490. The predicted octanol–water partition coefficient (Wildman–Crippen LogP) is 3.17. The third-order valence-electron chi connectivity index (χ3n) is 4.86. The van der Waals surface area contributed by atoms with Crippen LogP contribution in [-0.2, 0) is 6.61 Å². The summed E-state index contributed by atoms with van der Waals surface area (Å²) in [5.74, 6) is 1.65. The van der Waals surface area contributed by atoms with E-state index in [1.54, 1.807) is 16.8 Å². The number of benzene rings is 1. The van der Waals surface area contributed by atoms with Crippen molar-refractivity contribution in [3.63, 3.8) is 0 Å². The summed E-state index contributed by atoms with van der Waals surface area (Å²) < 4.78 is 5.72. The van der Waals surface area contributed by atoms with Gasteiger partial charge < -0.3 is 14.5 Å². The van der Waals surface area contributed by atoms with E-state index in [-0.39, 0.29) is 5.91 Å². The molecule has 0 atom stereocenters. The Morgan fingerprint density at radius 2 is 1.93 bits per heavy atom. The van der Waals surface area contributed by atoms with Gasteiger partial charge >= 0.3 is 0 Å². The van der Waals surface area contributed by atoms with Gasteiger partial charge in [0.1, 0.15) is 12.4 Å². The van der Waals surface area contributed by atoms with E-state index in [1.807, 2.05) is 53.6 Å². The van der Waals surface area contributed by atoms with Crippen LogP contribution in [0, 0.1) is 6.92 Å². The highest BCUT2D eigenvalue weighted by molar-refractivity contribution is 7.07. The van der Waals surface area contributed by atoms with Gasteiger partial charge in [-0.3, -0.25) is 4.79 Å². The lowest BCUT2D eigenvalue weighted by Gasteiger charge is -2.22. The zero-order valence-electron chi connectivity index (χ0n) is 16.3. The molecule has 1 saturated heterocycles. The van der Waals surface area contributed by atoms with Crippen molar-refractivity contribution >= 4 is 23.1 Å². The molecule has 3 heterocycles. The zero-order valence-corrected chi connectivity index (χ0v) is 17.1. The fraction of sp³-hybridized carbons (Fsp3) is 0.333. The molecule has 1 aliphatic heterocycles. The first kappa shape index (κ1) is 19.3. The average molecular weight is 410 g/mol. The SMILES string of the molecule is Cc1ccc(N2CCCN(C(=O)c3ccc(OCc4cscn4)cc3)CC2)nn1. The van der Waals surface area contributed by atoms with Crippen LogP contribution >= 0.6 is 11.3 Å². The molecule has 0 saturated carbocycles. The number of hydrogen-bond donors (Lipinski definition) is 0. The van der Waals surface area contributed by atoms with E-state index in [4.69, 9.17) is 4.74 Å². The normalized spacial score (nSPS) is 14.5. The molecule has 0 spiro atoms. The number of rotatable bonds is 5. The molecule has 150 valence electrons. The topological polar surface area (TPSA) is 71.5 Å². The summed E-state index contributed by atoms with van der Waals surface area (Å²) in [6.07, 6.45) is 0.899. The average Bonchev–Trinajstić information content (AvgIpc) is 3.16. The highest BCUT2D eigenvalue weighted by Crippen LogP contribution is 2.18. The van der Waals surface area contributed by atoms with Crippen molar-refractivity contribution in [3.8, 4) is 5.75 Å². The molecular formula is C21H23N5O2S. The Hall–Kier alpha value is -3.00. The second-order valence-electron chi connectivity index (χ2n) is 6.96. The first-order valence-electron chi connectivity index (χ1n) is 9.63. The minimum absolute atomic E-state index is 0.0490. The van der Waals surface area contributed by atoms with Crippen molar-refractivity contribution < 1.29 is 9.53 Å². The van der Waals surface area contributed by atoms with Crippen LogP contribution in [-0.4, -0.2) is 52.2 Å². The number of amides is 1. The number of hydrogen-bond acceptors (Lipinski definition) is 7. The van der Waals surface area contributed by atoms with Gasteiger partial charge in [-0.1, -0.05) is 0 Å². The summed E-state index contributed by atoms with van der Waals surface area (Å²) in [6, 6.07) is 11.3. The van der Waals surface area contributed by atoms with Crippen molar-refractivity contribution in [1.82, 2.24) is 20.1 Å². The molecule has 2 aromatic heterocycles. The molecule has 29 heavy (non-hydrogen) atoms. The molecule has 1 aromatic carbocycles. The maximum Gasteiger partial charge on any atom is 0.253 e. The molecule has 0 radical (unpaired) electrons. The zero-order chi connectivity index (χ0) is 20.1. The van der Waals surface area contributed by atoms with Gasteiger partial charge in [0, 0.05) is 37.1 Å². The molecule has 1 fully saturated rings. The summed E-state index contributed by atoms with van der Waals surface area (Å²) >= 11 is 1.55. The van der Waals surface area contributed by atoms with Crippen LogP contribution in [0.1, 0.15) is 28.2 Å². The summed E-state index contributed by atoms with van der Waals surface area (Å²) in [6.45, 7) is 5.37. The fourth-order valence-corrected chi connectivity index (χ4v) is 3.80. The van der Waals surface area contributed by atoms with Crippen molar-refractivity contribution in [2.24, 2.45) is 0 Å². The van der Waals surface area contributed by atoms with E-state index >= 15 is 0 Å². The number of carbonyl (C=O) groups is 1. The first-order chi connectivity index (χ1) is 14.2. The summed E-state index contributed by atoms with van der Waals surface area (Å²) in [5.41, 5.74) is 4.27. The molecule has 0 aliphatic carbocycles. The summed E-state index contributed by atoms with van der Waals surface area (Å²) in [4.78, 5) is 21.2. The number of aryl methyl sites for hydroxylation is 1. The van der Waals surface area contributed by atoms with Crippen LogP contribution in [0.15, 0.2) is 47.3 Å². The summed E-state index contributed by atoms with van der Waals surface area (Å²) in [7, 11) is 0. The molecule has 1 amide bonds. The molecule has 4 rings (SSSR count). The maximum atomic E-state index is 12.9. The predicted molar refractivity (Wildman–Crippen MR) is 112 cm³/mol. The van der Waals surface area contributed by atoms with E-state index in [0.29, 0.717) is 18.7 Å². The van der Waals surface area contributed by atoms with Crippen LogP contribution in [0.2, 0.25) is 0 Å². The largest absolute Gasteiger partial charge is 0.487 e. The van der Waals surface area contributed by atoms with Gasteiger partial charge in [-0.15, -0.1) is 16.4 Å². The van der Waals surface area contributed by atoms with E-state index in [1.165, 1.54) is 0 Å². The Morgan fingerprint density at radius 3 is 2.66 bits per heavy atom. The second-order valence-corrected chi connectivity index (χ2v) is 7.68. The highest BCUT2D eigenvalue weighted by atomic mass is 32.1. The molecule has 0 unspecified atom stereocenters. The fourth-order valence-electron chi connectivity index (χ4n) is 3.25. The minimum Gasteiger partial charge on any atom is -0.487 e. The molecule has 0 bridgehead atoms. The lowest BCUT2D eigenvalue weighted by Crippen LogP contribution is -2.35. The van der Waals surface area contributed by atoms with Crippen LogP contribution in [0.3, 0.4) is 0 Å². The Bertz CT molecular complexity index is 929. The number of nitrogens with zero attached hydrogens (tertiary/aromatic N) is 5. The van der Waals surface area contributed by atoms with Crippen LogP contribution in [0.5, 0.6) is 5.75 Å². The number of thiazole rings is 1. The quantitative estimate of drug-likeness (QED) is 0.645. The van der Waals surface area contributed by atoms with E-state index in [0.717, 1.165) is 49.0 Å². The van der Waals surface area contributed by atoms with Gasteiger partial charge in [0.25, 0.3) is 5.91 Å². The Balaban J connectivity index is 1.34. The van der Waals surface area contributed by atoms with Gasteiger partial charge in [-0.2, -0.15) is 5.10 Å². The lowest BCUT2D eigenvalue weighted by atomic mass is 10.2. The van der Waals surface area contributed by atoms with Crippen molar-refractivity contribution in [1.29, 1.82) is 0 Å². The Kier molecular flexibility index (Phi) is 6.00. The van der Waals surface area contributed by atoms with Gasteiger partial charge in [0.15, 0.2) is 5.82 Å². The smallest absolute Gasteiger partial charge is 0.253 e. The van der Waals surface area contributed by atoms with Gasteiger partial charge in [0.05, 0.1) is 16.9 Å². The molecule has 8 heteroatoms. The van der Waals surface area contributed by atoms with Crippen LogP contribution in [0.4, 0.5) is 5.82 Å². The first-order valence-corrected chi connectivity index (χ1v) is 10.6. The van der Waals surface area contributed by atoms with Crippen molar-refractivity contribution in [3.05, 3.63) is 64.2 Å². The van der Waals surface area contributed by atoms with Crippen LogP contribution in [0.25, 0.3) is 0 Å². The molecular weight excluding hydrogens is 386 g/mol. The van der Waals surface area contributed by atoms with E-state index in [2.05, 4.69) is 20.1 Å². The second kappa shape index (κ2) is 9.00. The molecule has 7 nitrogen and oxygen atoms in total. The monoisotopic (exact) mass is 409 g/mol. The number of anilines is 1. The third-order valence-corrected chi connectivity index (χ3v) is 5.50. The Labute approximate surface area is 174 Å². The van der Waals surface area contributed by atoms with Gasteiger partial charge in [0.2, 0.25) is 0 Å². The van der Waals surface area contributed by atoms with E-state index in [9.17, 15) is 4.79 Å². The van der Waals surface area contributed by atoms with Crippen molar-refractivity contribution in [2.45, 2.75) is 20.0 Å².